The molecule has 29 heavy (non-hydrogen) atoms. The van der Waals surface area contributed by atoms with E-state index in [0.29, 0.717) is 23.9 Å². The number of carbonyl (C=O) groups is 2. The first-order valence-corrected chi connectivity index (χ1v) is 9.61. The van der Waals surface area contributed by atoms with Crippen LogP contribution in [0, 0.1) is 5.41 Å². The normalized spacial score (nSPS) is 20.6. The van der Waals surface area contributed by atoms with E-state index in [1.807, 2.05) is 18.2 Å². The monoisotopic (exact) mass is 395 g/mol. The van der Waals surface area contributed by atoms with Crippen molar-refractivity contribution in [3.63, 3.8) is 0 Å². The predicted molar refractivity (Wildman–Crippen MR) is 108 cm³/mol. The number of nitrogens with zero attached hydrogens (tertiary/aromatic N) is 2. The van der Waals surface area contributed by atoms with Gasteiger partial charge in [0.05, 0.1) is 24.6 Å². The molecule has 7 heteroatoms. The van der Waals surface area contributed by atoms with Gasteiger partial charge in [-0.15, -0.1) is 0 Å². The first kappa shape index (κ1) is 19.4. The van der Waals surface area contributed by atoms with Crippen molar-refractivity contribution in [1.82, 2.24) is 10.3 Å². The predicted octanol–water partition coefficient (Wildman–Crippen LogP) is 4.33. The zero-order valence-electron chi connectivity index (χ0n) is 17.3. The SMILES string of the molecule is CC1(C)NC(=O)N(c2ccc(Oc3ccc4c(c3)[C@H](C(C)(C)C)OC4)nc2)C1=O. The van der Waals surface area contributed by atoms with Gasteiger partial charge in [-0.2, -0.15) is 0 Å². The Balaban J connectivity index is 1.53. The Hall–Kier alpha value is -2.93. The summed E-state index contributed by atoms with van der Waals surface area (Å²) in [4.78, 5) is 29.9. The maximum absolute atomic E-state index is 12.4. The van der Waals surface area contributed by atoms with Crippen LogP contribution in [0.1, 0.15) is 51.8 Å². The lowest BCUT2D eigenvalue weighted by Gasteiger charge is -2.27. The molecule has 1 aromatic heterocycles. The number of anilines is 1. The van der Waals surface area contributed by atoms with E-state index in [1.54, 1.807) is 26.0 Å². The van der Waals surface area contributed by atoms with Crippen LogP contribution in [0.5, 0.6) is 11.6 Å². The molecule has 0 radical (unpaired) electrons. The lowest BCUT2D eigenvalue weighted by molar-refractivity contribution is -0.121. The molecule has 2 aliphatic heterocycles. The van der Waals surface area contributed by atoms with Gasteiger partial charge in [0.25, 0.3) is 5.91 Å². The topological polar surface area (TPSA) is 80.8 Å². The Labute approximate surface area is 170 Å². The Morgan fingerprint density at radius 1 is 1.21 bits per heavy atom. The van der Waals surface area contributed by atoms with Crippen molar-refractivity contribution in [2.24, 2.45) is 5.41 Å². The van der Waals surface area contributed by atoms with Crippen LogP contribution in [0.25, 0.3) is 0 Å². The smallest absolute Gasteiger partial charge is 0.329 e. The molecule has 4 rings (SSSR count). The summed E-state index contributed by atoms with van der Waals surface area (Å²) in [6.07, 6.45) is 1.47. The van der Waals surface area contributed by atoms with Gasteiger partial charge in [-0.05, 0) is 48.6 Å². The zero-order chi connectivity index (χ0) is 21.0. The lowest BCUT2D eigenvalue weighted by atomic mass is 9.84. The van der Waals surface area contributed by atoms with Crippen LogP contribution < -0.4 is 15.0 Å². The lowest BCUT2D eigenvalue weighted by Crippen LogP contribution is -2.40. The van der Waals surface area contributed by atoms with Gasteiger partial charge in [-0.3, -0.25) is 4.79 Å². The van der Waals surface area contributed by atoms with Crippen LogP contribution in [0.15, 0.2) is 36.5 Å². The van der Waals surface area contributed by atoms with Gasteiger partial charge in [-0.25, -0.2) is 14.7 Å². The largest absolute Gasteiger partial charge is 0.439 e. The minimum Gasteiger partial charge on any atom is -0.439 e. The molecule has 1 aromatic carbocycles. The zero-order valence-corrected chi connectivity index (χ0v) is 17.3. The number of benzene rings is 1. The van der Waals surface area contributed by atoms with Gasteiger partial charge in [0, 0.05) is 6.07 Å². The summed E-state index contributed by atoms with van der Waals surface area (Å²) in [6, 6.07) is 8.74. The van der Waals surface area contributed by atoms with E-state index in [2.05, 4.69) is 31.1 Å². The summed E-state index contributed by atoms with van der Waals surface area (Å²) in [6.45, 7) is 10.4. The summed E-state index contributed by atoms with van der Waals surface area (Å²) in [5, 5.41) is 2.65. The molecular weight excluding hydrogens is 370 g/mol. The molecule has 1 fully saturated rings. The second-order valence-corrected chi connectivity index (χ2v) is 9.07. The second kappa shape index (κ2) is 6.56. The average molecular weight is 395 g/mol. The Morgan fingerprint density at radius 2 is 1.97 bits per heavy atom. The number of nitrogens with one attached hydrogen (secondary N) is 1. The van der Waals surface area contributed by atoms with Gasteiger partial charge >= 0.3 is 6.03 Å². The minimum absolute atomic E-state index is 0.0134. The number of ether oxygens (including phenoxy) is 2. The summed E-state index contributed by atoms with van der Waals surface area (Å²) in [5.41, 5.74) is 1.76. The number of hydrogen-bond acceptors (Lipinski definition) is 5. The summed E-state index contributed by atoms with van der Waals surface area (Å²) < 4.78 is 11.9. The number of aromatic nitrogens is 1. The van der Waals surface area contributed by atoms with E-state index in [-0.39, 0.29) is 17.4 Å². The molecule has 1 saturated heterocycles. The number of pyridine rings is 1. The fourth-order valence-electron chi connectivity index (χ4n) is 3.66. The van der Waals surface area contributed by atoms with Crippen molar-refractivity contribution in [1.29, 1.82) is 0 Å². The molecule has 1 atom stereocenters. The minimum atomic E-state index is -0.928. The fourth-order valence-corrected chi connectivity index (χ4v) is 3.66. The third-order valence-electron chi connectivity index (χ3n) is 5.15. The standard InChI is InChI=1S/C22H25N3O4/c1-21(2,3)18-16-10-15(8-6-13(16)12-28-18)29-17-9-7-14(11-23-17)25-19(26)22(4,5)24-20(25)27/h6-11,18H,12H2,1-5H3,(H,24,27)/t18-/m1/s1. The number of rotatable bonds is 3. The maximum Gasteiger partial charge on any atom is 0.329 e. The molecule has 152 valence electrons. The fraction of sp³-hybridized carbons (Fsp3) is 0.409. The second-order valence-electron chi connectivity index (χ2n) is 9.07. The van der Waals surface area contributed by atoms with Crippen LogP contribution in [0.4, 0.5) is 10.5 Å². The van der Waals surface area contributed by atoms with Gasteiger partial charge in [0.2, 0.25) is 5.88 Å². The van der Waals surface area contributed by atoms with Gasteiger partial charge in [0.15, 0.2) is 0 Å². The number of amides is 3. The molecule has 0 aliphatic carbocycles. The highest BCUT2D eigenvalue weighted by molar-refractivity contribution is 6.22. The van der Waals surface area contributed by atoms with Crippen LogP contribution in [0.3, 0.4) is 0 Å². The average Bonchev–Trinajstić information content (AvgIpc) is 3.14. The molecule has 1 N–H and O–H groups in total. The quantitative estimate of drug-likeness (QED) is 0.783. The van der Waals surface area contributed by atoms with Gasteiger partial charge in [0.1, 0.15) is 11.3 Å². The van der Waals surface area contributed by atoms with E-state index in [1.165, 1.54) is 11.8 Å². The highest BCUT2D eigenvalue weighted by Crippen LogP contribution is 2.44. The van der Waals surface area contributed by atoms with Crippen molar-refractivity contribution in [2.45, 2.75) is 52.9 Å². The molecule has 2 aromatic rings. The highest BCUT2D eigenvalue weighted by Gasteiger charge is 2.45. The molecule has 0 saturated carbocycles. The molecular formula is C22H25N3O4. The number of fused-ring (bicyclic) bond motifs is 1. The van der Waals surface area contributed by atoms with Crippen LogP contribution in [-0.4, -0.2) is 22.5 Å². The molecule has 0 bridgehead atoms. The third-order valence-corrected chi connectivity index (χ3v) is 5.15. The first-order valence-electron chi connectivity index (χ1n) is 9.61. The van der Waals surface area contributed by atoms with Crippen molar-refractivity contribution in [2.75, 3.05) is 4.90 Å². The van der Waals surface area contributed by atoms with Gasteiger partial charge in [-0.1, -0.05) is 26.8 Å². The molecule has 3 heterocycles. The van der Waals surface area contributed by atoms with E-state index >= 15 is 0 Å². The maximum atomic E-state index is 12.4. The van der Waals surface area contributed by atoms with Crippen molar-refractivity contribution in [3.05, 3.63) is 47.7 Å². The molecule has 0 unspecified atom stereocenters. The number of hydrogen-bond donors (Lipinski definition) is 1. The van der Waals surface area contributed by atoms with Gasteiger partial charge < -0.3 is 14.8 Å². The molecule has 7 nitrogen and oxygen atoms in total. The van der Waals surface area contributed by atoms with E-state index in [0.717, 1.165) is 10.5 Å². The number of imide groups is 1. The van der Waals surface area contributed by atoms with Crippen LogP contribution in [-0.2, 0) is 16.1 Å². The summed E-state index contributed by atoms with van der Waals surface area (Å²) in [7, 11) is 0. The number of carbonyl (C=O) groups excluding carboxylic acids is 2. The Bertz CT molecular complexity index is 977. The Kier molecular flexibility index (Phi) is 4.38. The number of urea groups is 1. The van der Waals surface area contributed by atoms with Crippen molar-refractivity contribution in [3.8, 4) is 11.6 Å². The molecule has 0 spiro atoms. The van der Waals surface area contributed by atoms with E-state index in [9.17, 15) is 9.59 Å². The van der Waals surface area contributed by atoms with Crippen LogP contribution >= 0.6 is 0 Å². The first-order chi connectivity index (χ1) is 13.6. The van der Waals surface area contributed by atoms with Crippen molar-refractivity contribution >= 4 is 17.6 Å². The van der Waals surface area contributed by atoms with Crippen LogP contribution in [0.2, 0.25) is 0 Å². The summed E-state index contributed by atoms with van der Waals surface area (Å²) >= 11 is 0. The molecule has 3 amide bonds. The van der Waals surface area contributed by atoms with Crippen molar-refractivity contribution < 1.29 is 19.1 Å². The third kappa shape index (κ3) is 3.46. The van der Waals surface area contributed by atoms with E-state index < -0.39 is 11.6 Å². The van der Waals surface area contributed by atoms with E-state index in [4.69, 9.17) is 9.47 Å². The summed E-state index contributed by atoms with van der Waals surface area (Å²) in [5.74, 6) is 0.732. The highest BCUT2D eigenvalue weighted by atomic mass is 16.5. The molecule has 2 aliphatic rings. The Morgan fingerprint density at radius 3 is 2.55 bits per heavy atom.